The molecule has 0 saturated carbocycles. The van der Waals surface area contributed by atoms with Crippen LogP contribution in [-0.4, -0.2) is 6.29 Å². The van der Waals surface area contributed by atoms with Crippen molar-refractivity contribution in [2.24, 2.45) is 0 Å². The molecular weight excluding hydrogens is 326 g/mol. The van der Waals surface area contributed by atoms with Gasteiger partial charge in [0.2, 0.25) is 0 Å². The van der Waals surface area contributed by atoms with Crippen LogP contribution in [0.3, 0.4) is 0 Å². The SMILES string of the molecule is O=Cc1ccc(Br)c(F)c1I. The summed E-state index contributed by atoms with van der Waals surface area (Å²) < 4.78 is 13.7. The van der Waals surface area contributed by atoms with Crippen molar-refractivity contribution in [3.05, 3.63) is 31.6 Å². The van der Waals surface area contributed by atoms with Crippen molar-refractivity contribution >= 4 is 44.8 Å². The summed E-state index contributed by atoms with van der Waals surface area (Å²) in [5, 5.41) is 0. The Hall–Kier alpha value is 0.0300. The van der Waals surface area contributed by atoms with Crippen LogP contribution in [0.15, 0.2) is 16.6 Å². The number of carbonyl (C=O) groups excluding carboxylic acids is 1. The Morgan fingerprint density at radius 3 is 2.73 bits per heavy atom. The van der Waals surface area contributed by atoms with Gasteiger partial charge >= 0.3 is 0 Å². The third-order valence-electron chi connectivity index (χ3n) is 1.19. The Balaban J connectivity index is 3.36. The summed E-state index contributed by atoms with van der Waals surface area (Å²) in [6.45, 7) is 0. The van der Waals surface area contributed by atoms with E-state index in [2.05, 4.69) is 15.9 Å². The van der Waals surface area contributed by atoms with E-state index in [1.54, 1.807) is 28.7 Å². The van der Waals surface area contributed by atoms with E-state index in [1.165, 1.54) is 6.07 Å². The lowest BCUT2D eigenvalue weighted by molar-refractivity contribution is 0.112. The molecule has 0 N–H and O–H groups in total. The van der Waals surface area contributed by atoms with E-state index in [4.69, 9.17) is 0 Å². The van der Waals surface area contributed by atoms with E-state index >= 15 is 0 Å². The Labute approximate surface area is 85.3 Å². The molecule has 11 heavy (non-hydrogen) atoms. The first-order chi connectivity index (χ1) is 5.16. The van der Waals surface area contributed by atoms with Crippen LogP contribution < -0.4 is 0 Å². The van der Waals surface area contributed by atoms with E-state index in [9.17, 15) is 9.18 Å². The predicted molar refractivity (Wildman–Crippen MR) is 52.2 cm³/mol. The molecule has 0 heterocycles. The molecule has 0 aromatic heterocycles. The minimum atomic E-state index is -0.379. The van der Waals surface area contributed by atoms with Gasteiger partial charge in [-0.2, -0.15) is 0 Å². The van der Waals surface area contributed by atoms with Crippen molar-refractivity contribution in [1.29, 1.82) is 0 Å². The van der Waals surface area contributed by atoms with Gasteiger partial charge in [-0.25, -0.2) is 4.39 Å². The fourth-order valence-corrected chi connectivity index (χ4v) is 1.93. The highest BCUT2D eigenvalue weighted by atomic mass is 127. The highest BCUT2D eigenvalue weighted by Gasteiger charge is 2.07. The van der Waals surface area contributed by atoms with Gasteiger partial charge in [0.1, 0.15) is 0 Å². The molecular formula is C7H3BrFIO. The third-order valence-corrected chi connectivity index (χ3v) is 2.90. The molecule has 0 bridgehead atoms. The van der Waals surface area contributed by atoms with Gasteiger partial charge in [0.25, 0.3) is 0 Å². The summed E-state index contributed by atoms with van der Waals surface area (Å²) in [6.07, 6.45) is 0.636. The normalized spacial score (nSPS) is 9.73. The minimum absolute atomic E-state index is 0.354. The summed E-state index contributed by atoms with van der Waals surface area (Å²) in [5.41, 5.74) is 0.381. The maximum absolute atomic E-state index is 13.0. The zero-order valence-corrected chi connectivity index (χ0v) is 9.02. The second-order valence-electron chi connectivity index (χ2n) is 1.88. The van der Waals surface area contributed by atoms with Gasteiger partial charge in [0.05, 0.1) is 8.04 Å². The number of hydrogen-bond acceptors (Lipinski definition) is 1. The maximum atomic E-state index is 13.0. The van der Waals surface area contributed by atoms with Gasteiger partial charge in [-0.15, -0.1) is 0 Å². The molecule has 0 radical (unpaired) electrons. The van der Waals surface area contributed by atoms with Crippen molar-refractivity contribution in [2.75, 3.05) is 0 Å². The van der Waals surface area contributed by atoms with Crippen LogP contribution in [0.5, 0.6) is 0 Å². The van der Waals surface area contributed by atoms with Gasteiger partial charge < -0.3 is 0 Å². The fourth-order valence-electron chi connectivity index (χ4n) is 0.632. The molecule has 1 rings (SSSR count). The first-order valence-electron chi connectivity index (χ1n) is 2.75. The van der Waals surface area contributed by atoms with Crippen LogP contribution in [-0.2, 0) is 0 Å². The van der Waals surface area contributed by atoms with Gasteiger partial charge in [0.15, 0.2) is 12.1 Å². The monoisotopic (exact) mass is 328 g/mol. The van der Waals surface area contributed by atoms with E-state index in [1.807, 2.05) is 0 Å². The largest absolute Gasteiger partial charge is 0.298 e. The first-order valence-corrected chi connectivity index (χ1v) is 4.62. The maximum Gasteiger partial charge on any atom is 0.151 e. The molecule has 0 fully saturated rings. The van der Waals surface area contributed by atoms with E-state index in [0.717, 1.165) is 0 Å². The van der Waals surface area contributed by atoms with Crippen molar-refractivity contribution in [1.82, 2.24) is 0 Å². The van der Waals surface area contributed by atoms with Gasteiger partial charge in [-0.3, -0.25) is 4.79 Å². The van der Waals surface area contributed by atoms with Gasteiger partial charge in [-0.1, -0.05) is 0 Å². The minimum Gasteiger partial charge on any atom is -0.298 e. The molecule has 1 aromatic carbocycles. The summed E-state index contributed by atoms with van der Waals surface area (Å²) >= 11 is 4.81. The van der Waals surface area contributed by atoms with Crippen molar-refractivity contribution in [2.45, 2.75) is 0 Å². The Morgan fingerprint density at radius 2 is 2.18 bits per heavy atom. The molecule has 0 aliphatic heterocycles. The molecule has 0 atom stereocenters. The first kappa shape index (κ1) is 9.12. The van der Waals surface area contributed by atoms with Crippen LogP contribution in [0.25, 0.3) is 0 Å². The van der Waals surface area contributed by atoms with Crippen molar-refractivity contribution in [3.63, 3.8) is 0 Å². The van der Waals surface area contributed by atoms with Crippen molar-refractivity contribution < 1.29 is 9.18 Å². The average Bonchev–Trinajstić information content (AvgIpc) is 2.01. The van der Waals surface area contributed by atoms with Crippen LogP contribution >= 0.6 is 38.5 Å². The van der Waals surface area contributed by atoms with Crippen LogP contribution in [0.2, 0.25) is 0 Å². The number of aldehydes is 1. The molecule has 1 aromatic rings. The second kappa shape index (κ2) is 3.62. The smallest absolute Gasteiger partial charge is 0.151 e. The number of carbonyl (C=O) groups is 1. The molecule has 0 spiro atoms. The number of rotatable bonds is 1. The second-order valence-corrected chi connectivity index (χ2v) is 3.82. The van der Waals surface area contributed by atoms with Crippen LogP contribution in [0.1, 0.15) is 10.4 Å². The summed E-state index contributed by atoms with van der Waals surface area (Å²) in [4.78, 5) is 10.3. The standard InChI is InChI=1S/C7H3BrFIO/c8-5-2-1-4(3-11)7(10)6(5)9/h1-3H. The molecule has 58 valence electrons. The third kappa shape index (κ3) is 1.79. The Morgan fingerprint density at radius 1 is 1.55 bits per heavy atom. The molecule has 0 amide bonds. The predicted octanol–water partition coefficient (Wildman–Crippen LogP) is 3.01. The lowest BCUT2D eigenvalue weighted by Crippen LogP contribution is -1.91. The summed E-state index contributed by atoms with van der Waals surface area (Å²) in [5.74, 6) is -0.379. The number of benzene rings is 1. The number of halogens is 3. The van der Waals surface area contributed by atoms with Crippen LogP contribution in [0.4, 0.5) is 4.39 Å². The Bertz CT molecular complexity index is 301. The number of hydrogen-bond donors (Lipinski definition) is 0. The molecule has 0 aliphatic rings. The van der Waals surface area contributed by atoms with E-state index in [-0.39, 0.29) is 5.82 Å². The fraction of sp³-hybridized carbons (Fsp3) is 0. The highest BCUT2D eigenvalue weighted by molar-refractivity contribution is 14.1. The molecule has 0 saturated heterocycles. The molecule has 1 nitrogen and oxygen atoms in total. The van der Waals surface area contributed by atoms with Gasteiger partial charge in [-0.05, 0) is 50.7 Å². The van der Waals surface area contributed by atoms with Crippen molar-refractivity contribution in [3.8, 4) is 0 Å². The average molecular weight is 329 g/mol. The lowest BCUT2D eigenvalue weighted by Gasteiger charge is -1.98. The topological polar surface area (TPSA) is 17.1 Å². The highest BCUT2D eigenvalue weighted by Crippen LogP contribution is 2.22. The van der Waals surface area contributed by atoms with E-state index in [0.29, 0.717) is 19.9 Å². The quantitative estimate of drug-likeness (QED) is 0.440. The molecule has 4 heteroatoms. The Kier molecular flexibility index (Phi) is 3.00. The van der Waals surface area contributed by atoms with Crippen LogP contribution in [0, 0.1) is 9.39 Å². The van der Waals surface area contributed by atoms with Gasteiger partial charge in [0, 0.05) is 5.56 Å². The summed E-state index contributed by atoms with van der Waals surface area (Å²) in [7, 11) is 0. The zero-order chi connectivity index (χ0) is 8.43. The summed E-state index contributed by atoms with van der Waals surface area (Å²) in [6, 6.07) is 3.09. The molecule has 0 unspecified atom stereocenters. The van der Waals surface area contributed by atoms with E-state index < -0.39 is 0 Å². The zero-order valence-electron chi connectivity index (χ0n) is 5.27. The lowest BCUT2D eigenvalue weighted by atomic mass is 10.2. The molecule has 0 aliphatic carbocycles.